The van der Waals surface area contributed by atoms with Crippen LogP contribution in [0.5, 0.6) is 0 Å². The normalized spacial score (nSPS) is 20.7. The summed E-state index contributed by atoms with van der Waals surface area (Å²) in [6, 6.07) is 8.07. The third-order valence-corrected chi connectivity index (χ3v) is 7.21. The van der Waals surface area contributed by atoms with Crippen LogP contribution in [0.25, 0.3) is 10.9 Å². The maximum Gasteiger partial charge on any atom is 0.222 e. The van der Waals surface area contributed by atoms with Crippen molar-refractivity contribution < 1.29 is 18.3 Å². The van der Waals surface area contributed by atoms with Crippen molar-refractivity contribution in [2.75, 3.05) is 32.9 Å². The number of aliphatic hydroxyl groups is 1. The highest BCUT2D eigenvalue weighted by Gasteiger charge is 2.37. The van der Waals surface area contributed by atoms with Crippen molar-refractivity contribution in [3.63, 3.8) is 0 Å². The van der Waals surface area contributed by atoms with Crippen LogP contribution in [0.2, 0.25) is 0 Å². The smallest absolute Gasteiger partial charge is 0.222 e. The molecule has 0 spiro atoms. The van der Waals surface area contributed by atoms with Crippen LogP contribution in [0, 0.1) is 5.92 Å². The molecule has 1 aliphatic heterocycles. The van der Waals surface area contributed by atoms with Crippen molar-refractivity contribution in [3.8, 4) is 0 Å². The number of aromatic amines is 1. The molecule has 1 aliphatic rings. The zero-order valence-electron chi connectivity index (χ0n) is 15.8. The summed E-state index contributed by atoms with van der Waals surface area (Å²) in [5.41, 5.74) is 2.28. The molecule has 0 radical (unpaired) electrons. The predicted octanol–water partition coefficient (Wildman–Crippen LogP) is 1.20. The highest BCUT2D eigenvalue weighted by Crippen LogP contribution is 2.22. The van der Waals surface area contributed by atoms with Crippen molar-refractivity contribution in [3.05, 3.63) is 36.0 Å². The van der Waals surface area contributed by atoms with Gasteiger partial charge in [0.1, 0.15) is 0 Å². The number of amides is 1. The fourth-order valence-corrected chi connectivity index (χ4v) is 4.73. The van der Waals surface area contributed by atoms with Crippen LogP contribution in [0.1, 0.15) is 18.4 Å². The quantitative estimate of drug-likeness (QED) is 0.739. The number of H-pyrrole nitrogens is 1. The Balaban J connectivity index is 1.51. The fourth-order valence-electron chi connectivity index (χ4n) is 3.57. The highest BCUT2D eigenvalue weighted by atomic mass is 32.2. The Morgan fingerprint density at radius 2 is 2.04 bits per heavy atom. The van der Waals surface area contributed by atoms with Crippen LogP contribution in [0.3, 0.4) is 0 Å². The molecule has 1 amide bonds. The lowest BCUT2D eigenvalue weighted by Crippen LogP contribution is -2.33. The molecule has 1 saturated heterocycles. The summed E-state index contributed by atoms with van der Waals surface area (Å²) >= 11 is 0. The van der Waals surface area contributed by atoms with Gasteiger partial charge in [0, 0.05) is 56.6 Å². The number of benzene rings is 1. The molecule has 3 rings (SSSR count). The lowest BCUT2D eigenvalue weighted by molar-refractivity contribution is -0.130. The number of aliphatic hydroxyl groups excluding tert-OH is 1. The van der Waals surface area contributed by atoms with Crippen LogP contribution >= 0.6 is 0 Å². The molecule has 27 heavy (non-hydrogen) atoms. The predicted molar refractivity (Wildman–Crippen MR) is 105 cm³/mol. The van der Waals surface area contributed by atoms with Crippen LogP contribution in [0.4, 0.5) is 0 Å². The van der Waals surface area contributed by atoms with E-state index in [9.17, 15) is 18.3 Å². The van der Waals surface area contributed by atoms with E-state index < -0.39 is 22.0 Å². The minimum absolute atomic E-state index is 0.0290. The maximum atomic E-state index is 12.5. The molecular weight excluding hydrogens is 366 g/mol. The van der Waals surface area contributed by atoms with E-state index in [2.05, 4.69) is 11.1 Å². The minimum atomic E-state index is -3.40. The van der Waals surface area contributed by atoms with E-state index in [0.29, 0.717) is 19.4 Å². The first-order chi connectivity index (χ1) is 12.8. The number of carbonyl (C=O) groups excluding carboxylic acids is 1. The van der Waals surface area contributed by atoms with Crippen molar-refractivity contribution in [2.45, 2.75) is 25.4 Å². The van der Waals surface area contributed by atoms with Gasteiger partial charge < -0.3 is 15.0 Å². The molecule has 148 valence electrons. The summed E-state index contributed by atoms with van der Waals surface area (Å²) in [5.74, 6) is -0.603. The van der Waals surface area contributed by atoms with Gasteiger partial charge in [0.05, 0.1) is 11.9 Å². The number of nitrogens with zero attached hydrogens (tertiary/aromatic N) is 2. The van der Waals surface area contributed by atoms with E-state index in [1.807, 2.05) is 24.4 Å². The number of aryl methyl sites for hydroxylation is 1. The molecule has 7 nitrogen and oxygen atoms in total. The van der Waals surface area contributed by atoms with Crippen LogP contribution in [-0.4, -0.2) is 72.7 Å². The van der Waals surface area contributed by atoms with Gasteiger partial charge in [-0.3, -0.25) is 4.79 Å². The Morgan fingerprint density at radius 3 is 2.78 bits per heavy atom. The standard InChI is InChI=1S/C19H27N3O4S/c1-21(2)27(25,26)13-15-11-22(12-18(15)23)19(24)9-5-6-14-10-20-17-8-4-3-7-16(14)17/h3-4,7-8,10,15,18,20,23H,5-6,9,11-13H2,1-2H3/t15-,18+/m0/s1. The van der Waals surface area contributed by atoms with Crippen LogP contribution in [0.15, 0.2) is 30.5 Å². The summed E-state index contributed by atoms with van der Waals surface area (Å²) in [5, 5.41) is 11.3. The van der Waals surface area contributed by atoms with Crippen molar-refractivity contribution in [1.82, 2.24) is 14.2 Å². The number of hydrogen-bond donors (Lipinski definition) is 2. The summed E-state index contributed by atoms with van der Waals surface area (Å²) in [6.07, 6.45) is 3.09. The number of para-hydroxylation sites is 1. The van der Waals surface area contributed by atoms with Gasteiger partial charge in [0.25, 0.3) is 0 Å². The number of β-amino-alcohol motifs (C(OH)–C–C–N with tert-alkyl or cyclic N) is 1. The van der Waals surface area contributed by atoms with E-state index in [0.717, 1.165) is 16.2 Å². The van der Waals surface area contributed by atoms with E-state index in [1.165, 1.54) is 25.0 Å². The third kappa shape index (κ3) is 4.51. The Labute approximate surface area is 160 Å². The number of rotatable bonds is 7. The average Bonchev–Trinajstić information content (AvgIpc) is 3.19. The second kappa shape index (κ2) is 8.00. The van der Waals surface area contributed by atoms with E-state index in [1.54, 1.807) is 4.90 Å². The number of hydrogen-bond acceptors (Lipinski definition) is 4. The van der Waals surface area contributed by atoms with E-state index in [4.69, 9.17) is 0 Å². The molecule has 2 aromatic rings. The first kappa shape index (κ1) is 19.9. The Bertz CT molecular complexity index is 907. The molecular formula is C19H27N3O4S. The molecule has 2 atom stereocenters. The van der Waals surface area contributed by atoms with Gasteiger partial charge >= 0.3 is 0 Å². The second-order valence-electron chi connectivity index (χ2n) is 7.40. The van der Waals surface area contributed by atoms with Gasteiger partial charge in [-0.1, -0.05) is 18.2 Å². The lowest BCUT2D eigenvalue weighted by Gasteiger charge is -2.18. The SMILES string of the molecule is CN(C)S(=O)(=O)C[C@@H]1CN(C(=O)CCCc2c[nH]c3ccccc23)C[C@H]1O. The third-order valence-electron chi connectivity index (χ3n) is 5.25. The van der Waals surface area contributed by atoms with Crippen LogP contribution in [-0.2, 0) is 21.2 Å². The summed E-state index contributed by atoms with van der Waals surface area (Å²) < 4.78 is 25.2. The summed E-state index contributed by atoms with van der Waals surface area (Å²) in [7, 11) is -0.446. The molecule has 0 unspecified atom stereocenters. The monoisotopic (exact) mass is 393 g/mol. The molecule has 1 aromatic carbocycles. The highest BCUT2D eigenvalue weighted by molar-refractivity contribution is 7.89. The van der Waals surface area contributed by atoms with Crippen molar-refractivity contribution in [2.24, 2.45) is 5.92 Å². The molecule has 0 aliphatic carbocycles. The van der Waals surface area contributed by atoms with Gasteiger partial charge in [-0.2, -0.15) is 0 Å². The van der Waals surface area contributed by atoms with Crippen molar-refractivity contribution >= 4 is 26.8 Å². The van der Waals surface area contributed by atoms with Gasteiger partial charge in [0.15, 0.2) is 0 Å². The zero-order valence-corrected chi connectivity index (χ0v) is 16.6. The topological polar surface area (TPSA) is 93.7 Å². The van der Waals surface area contributed by atoms with Gasteiger partial charge in [-0.25, -0.2) is 12.7 Å². The van der Waals surface area contributed by atoms with Gasteiger partial charge in [0.2, 0.25) is 15.9 Å². The number of aromatic nitrogens is 1. The molecule has 1 fully saturated rings. The number of fused-ring (bicyclic) bond motifs is 1. The Kier molecular flexibility index (Phi) is 5.88. The molecule has 1 aromatic heterocycles. The maximum absolute atomic E-state index is 12.5. The number of sulfonamides is 1. The largest absolute Gasteiger partial charge is 0.391 e. The fraction of sp³-hybridized carbons (Fsp3) is 0.526. The molecule has 2 N–H and O–H groups in total. The molecule has 0 bridgehead atoms. The van der Waals surface area contributed by atoms with E-state index in [-0.39, 0.29) is 18.2 Å². The number of likely N-dealkylation sites (tertiary alicyclic amines) is 1. The zero-order chi connectivity index (χ0) is 19.6. The molecule has 8 heteroatoms. The van der Waals surface area contributed by atoms with Gasteiger partial charge in [-0.15, -0.1) is 0 Å². The lowest BCUT2D eigenvalue weighted by atomic mass is 10.1. The Hall–Kier alpha value is -1.90. The van der Waals surface area contributed by atoms with Crippen LogP contribution < -0.4 is 0 Å². The number of nitrogens with one attached hydrogen (secondary N) is 1. The second-order valence-corrected chi connectivity index (χ2v) is 9.63. The minimum Gasteiger partial charge on any atom is -0.391 e. The summed E-state index contributed by atoms with van der Waals surface area (Å²) in [6.45, 7) is 0.500. The summed E-state index contributed by atoms with van der Waals surface area (Å²) in [4.78, 5) is 17.3. The van der Waals surface area contributed by atoms with E-state index >= 15 is 0 Å². The average molecular weight is 394 g/mol. The first-order valence-electron chi connectivity index (χ1n) is 9.19. The van der Waals surface area contributed by atoms with Gasteiger partial charge in [-0.05, 0) is 24.5 Å². The first-order valence-corrected chi connectivity index (χ1v) is 10.8. The molecule has 0 saturated carbocycles. The number of carbonyl (C=O) groups is 1. The Morgan fingerprint density at radius 1 is 1.30 bits per heavy atom. The van der Waals surface area contributed by atoms with Crippen molar-refractivity contribution in [1.29, 1.82) is 0 Å². The molecule has 2 heterocycles.